The molecule has 0 bridgehead atoms. The average Bonchev–Trinajstić information content (AvgIpc) is 2.96. The van der Waals surface area contributed by atoms with Gasteiger partial charge >= 0.3 is 0 Å². The monoisotopic (exact) mass is 293 g/mol. The smallest absolute Gasteiger partial charge is 0.292 e. The van der Waals surface area contributed by atoms with E-state index in [0.29, 0.717) is 23.1 Å². The molecule has 0 atom stereocenters. The first kappa shape index (κ1) is 14.3. The second kappa shape index (κ2) is 6.90. The Hall–Kier alpha value is -2.09. The topological polar surface area (TPSA) is 96.7 Å². The molecular formula is C12H15N5O2S. The number of anilines is 1. The number of hydrogen-bond donors (Lipinski definition) is 2. The Kier molecular flexibility index (Phi) is 4.94. The van der Waals surface area contributed by atoms with Crippen LogP contribution in [0.1, 0.15) is 18.9 Å². The number of nitrogens with one attached hydrogen (secondary N) is 2. The van der Waals surface area contributed by atoms with Crippen LogP contribution in [0.5, 0.6) is 0 Å². The number of thioether (sulfide) groups is 1. The highest BCUT2D eigenvalue weighted by Gasteiger charge is 2.14. The summed E-state index contributed by atoms with van der Waals surface area (Å²) in [5, 5.41) is 21.4. The van der Waals surface area contributed by atoms with Crippen LogP contribution in [0.4, 0.5) is 11.4 Å². The number of hydrogen-bond acceptors (Lipinski definition) is 6. The fourth-order valence-electron chi connectivity index (χ4n) is 1.64. The van der Waals surface area contributed by atoms with Crippen molar-refractivity contribution in [2.75, 3.05) is 11.9 Å². The predicted octanol–water partition coefficient (Wildman–Crippen LogP) is 2.83. The lowest BCUT2D eigenvalue weighted by molar-refractivity contribution is -0.384. The first-order chi connectivity index (χ1) is 9.70. The standard InChI is InChI=1S/C12H15N5O2S/c1-2-5-13-10-4-3-9(6-11(10)17(18)19)7-20-12-14-8-15-16-12/h3-4,6,8,13H,2,5,7H2,1H3,(H,14,15,16). The summed E-state index contributed by atoms with van der Waals surface area (Å²) in [5.74, 6) is 0.601. The van der Waals surface area contributed by atoms with Crippen molar-refractivity contribution < 1.29 is 4.92 Å². The molecule has 2 aromatic rings. The quantitative estimate of drug-likeness (QED) is 0.463. The second-order valence-corrected chi connectivity index (χ2v) is 5.08. The third kappa shape index (κ3) is 3.70. The number of aromatic amines is 1. The highest BCUT2D eigenvalue weighted by atomic mass is 32.2. The van der Waals surface area contributed by atoms with Crippen LogP contribution < -0.4 is 5.32 Å². The van der Waals surface area contributed by atoms with E-state index in [4.69, 9.17) is 0 Å². The lowest BCUT2D eigenvalue weighted by Gasteiger charge is -2.07. The molecule has 1 aromatic heterocycles. The van der Waals surface area contributed by atoms with E-state index in [1.807, 2.05) is 13.0 Å². The number of nitro benzene ring substituents is 1. The van der Waals surface area contributed by atoms with Crippen molar-refractivity contribution in [2.24, 2.45) is 0 Å². The fourth-order valence-corrected chi connectivity index (χ4v) is 2.36. The number of H-pyrrole nitrogens is 1. The van der Waals surface area contributed by atoms with E-state index in [9.17, 15) is 10.1 Å². The molecule has 2 rings (SSSR count). The minimum Gasteiger partial charge on any atom is -0.380 e. The minimum atomic E-state index is -0.361. The lowest BCUT2D eigenvalue weighted by atomic mass is 10.2. The number of nitrogens with zero attached hydrogens (tertiary/aromatic N) is 3. The zero-order valence-corrected chi connectivity index (χ0v) is 11.8. The molecule has 0 radical (unpaired) electrons. The molecule has 0 aliphatic heterocycles. The Bertz CT molecular complexity index is 573. The molecule has 0 aliphatic carbocycles. The number of aromatic nitrogens is 3. The highest BCUT2D eigenvalue weighted by molar-refractivity contribution is 7.98. The molecule has 0 aliphatic rings. The van der Waals surface area contributed by atoms with Gasteiger partial charge < -0.3 is 5.32 Å². The van der Waals surface area contributed by atoms with Gasteiger partial charge in [-0.1, -0.05) is 24.8 Å². The molecule has 1 heterocycles. The zero-order valence-electron chi connectivity index (χ0n) is 11.0. The molecule has 0 saturated heterocycles. The molecule has 20 heavy (non-hydrogen) atoms. The van der Waals surface area contributed by atoms with Crippen molar-refractivity contribution in [3.63, 3.8) is 0 Å². The molecule has 8 heteroatoms. The van der Waals surface area contributed by atoms with Crippen LogP contribution in [0.25, 0.3) is 0 Å². The lowest BCUT2D eigenvalue weighted by Crippen LogP contribution is -2.03. The summed E-state index contributed by atoms with van der Waals surface area (Å²) >= 11 is 1.45. The summed E-state index contributed by atoms with van der Waals surface area (Å²) in [5.41, 5.74) is 1.54. The van der Waals surface area contributed by atoms with Crippen molar-refractivity contribution in [3.05, 3.63) is 40.2 Å². The Morgan fingerprint density at radius 2 is 2.35 bits per heavy atom. The molecule has 106 valence electrons. The van der Waals surface area contributed by atoms with Crippen molar-refractivity contribution in [3.8, 4) is 0 Å². The van der Waals surface area contributed by atoms with Gasteiger partial charge in [0.25, 0.3) is 5.69 Å². The number of rotatable bonds is 7. The van der Waals surface area contributed by atoms with E-state index in [-0.39, 0.29) is 10.6 Å². The van der Waals surface area contributed by atoms with Crippen molar-refractivity contribution in [2.45, 2.75) is 24.3 Å². The molecule has 0 unspecified atom stereocenters. The number of nitro groups is 1. The molecule has 0 fully saturated rings. The summed E-state index contributed by atoms with van der Waals surface area (Å²) in [7, 11) is 0. The van der Waals surface area contributed by atoms with Gasteiger partial charge in [-0.15, -0.1) is 0 Å². The van der Waals surface area contributed by atoms with E-state index in [2.05, 4.69) is 20.5 Å². The maximum absolute atomic E-state index is 11.1. The summed E-state index contributed by atoms with van der Waals surface area (Å²) in [4.78, 5) is 14.7. The highest BCUT2D eigenvalue weighted by Crippen LogP contribution is 2.28. The third-order valence-electron chi connectivity index (χ3n) is 2.59. The largest absolute Gasteiger partial charge is 0.380 e. The Morgan fingerprint density at radius 1 is 1.50 bits per heavy atom. The van der Waals surface area contributed by atoms with Crippen molar-refractivity contribution in [1.82, 2.24) is 15.2 Å². The maximum atomic E-state index is 11.1. The van der Waals surface area contributed by atoms with Crippen LogP contribution >= 0.6 is 11.8 Å². The van der Waals surface area contributed by atoms with E-state index in [1.54, 1.807) is 12.1 Å². The second-order valence-electron chi connectivity index (χ2n) is 4.11. The van der Waals surface area contributed by atoms with Crippen molar-refractivity contribution in [1.29, 1.82) is 0 Å². The first-order valence-electron chi connectivity index (χ1n) is 6.20. The minimum absolute atomic E-state index is 0.106. The van der Waals surface area contributed by atoms with E-state index >= 15 is 0 Å². The third-order valence-corrected chi connectivity index (χ3v) is 3.54. The van der Waals surface area contributed by atoms with Crippen LogP contribution in [0.2, 0.25) is 0 Å². The molecule has 0 spiro atoms. The van der Waals surface area contributed by atoms with Gasteiger partial charge in [-0.2, -0.15) is 5.10 Å². The van der Waals surface area contributed by atoms with Gasteiger partial charge in [-0.3, -0.25) is 15.2 Å². The molecule has 2 N–H and O–H groups in total. The SMILES string of the molecule is CCCNc1ccc(CSc2ncn[nH]2)cc1[N+](=O)[O-]. The summed E-state index contributed by atoms with van der Waals surface area (Å²) < 4.78 is 0. The maximum Gasteiger partial charge on any atom is 0.292 e. The first-order valence-corrected chi connectivity index (χ1v) is 7.18. The molecule has 1 aromatic carbocycles. The van der Waals surface area contributed by atoms with Gasteiger partial charge in [0.2, 0.25) is 0 Å². The van der Waals surface area contributed by atoms with Crippen molar-refractivity contribution >= 4 is 23.1 Å². The van der Waals surface area contributed by atoms with E-state index in [1.165, 1.54) is 18.1 Å². The van der Waals surface area contributed by atoms with Crippen LogP contribution in [0.15, 0.2) is 29.7 Å². The fraction of sp³-hybridized carbons (Fsp3) is 0.333. The van der Waals surface area contributed by atoms with E-state index in [0.717, 1.165) is 12.0 Å². The van der Waals surface area contributed by atoms with Crippen LogP contribution in [-0.4, -0.2) is 26.6 Å². The Morgan fingerprint density at radius 3 is 3.00 bits per heavy atom. The van der Waals surface area contributed by atoms with Gasteiger partial charge in [0.1, 0.15) is 12.0 Å². The summed E-state index contributed by atoms with van der Waals surface area (Å²) in [6, 6.07) is 5.24. The molecule has 7 nitrogen and oxygen atoms in total. The Labute approximate surface area is 120 Å². The molecule has 0 saturated carbocycles. The van der Waals surface area contributed by atoms with Crippen LogP contribution in [-0.2, 0) is 5.75 Å². The Balaban J connectivity index is 2.10. The molecular weight excluding hydrogens is 278 g/mol. The van der Waals surface area contributed by atoms with Gasteiger partial charge in [0.15, 0.2) is 5.16 Å². The normalized spacial score (nSPS) is 10.4. The average molecular weight is 293 g/mol. The zero-order chi connectivity index (χ0) is 14.4. The summed E-state index contributed by atoms with van der Waals surface area (Å²) in [6.07, 6.45) is 2.35. The number of benzene rings is 1. The van der Waals surface area contributed by atoms with Crippen LogP contribution in [0, 0.1) is 10.1 Å². The van der Waals surface area contributed by atoms with Gasteiger partial charge in [0, 0.05) is 18.4 Å². The summed E-state index contributed by atoms with van der Waals surface area (Å²) in [6.45, 7) is 2.73. The van der Waals surface area contributed by atoms with E-state index < -0.39 is 0 Å². The molecule has 0 amide bonds. The predicted molar refractivity (Wildman–Crippen MR) is 77.8 cm³/mol. The van der Waals surface area contributed by atoms with Gasteiger partial charge in [0.05, 0.1) is 4.92 Å². The van der Waals surface area contributed by atoms with Crippen LogP contribution in [0.3, 0.4) is 0 Å². The van der Waals surface area contributed by atoms with Gasteiger partial charge in [-0.25, -0.2) is 4.98 Å². The van der Waals surface area contributed by atoms with Gasteiger partial charge in [-0.05, 0) is 18.1 Å².